The molecule has 1 rings (SSSR count). The van der Waals surface area contributed by atoms with Gasteiger partial charge >= 0.3 is 23.9 Å². The Morgan fingerprint density at radius 1 is 0.479 bits per heavy atom. The maximum absolute atomic E-state index is 13.1. The molecule has 0 bridgehead atoms. The summed E-state index contributed by atoms with van der Waals surface area (Å²) < 4.78 is 28.2. The average Bonchev–Trinajstić information content (AvgIpc) is 3.37. The first kappa shape index (κ1) is 66.4. The van der Waals surface area contributed by atoms with Gasteiger partial charge in [-0.1, -0.05) is 207 Å². The second-order valence-electron chi connectivity index (χ2n) is 18.5. The van der Waals surface area contributed by atoms with Gasteiger partial charge in [-0.05, 0) is 83.5 Å². The van der Waals surface area contributed by atoms with Gasteiger partial charge in [-0.3, -0.25) is 14.4 Å². The van der Waals surface area contributed by atoms with E-state index in [1.54, 1.807) is 6.08 Å². The van der Waals surface area contributed by atoms with Gasteiger partial charge in [0.2, 0.25) is 0 Å². The summed E-state index contributed by atoms with van der Waals surface area (Å²) in [6, 6.07) is 0. The Morgan fingerprint density at radius 3 is 1.38 bits per heavy atom. The van der Waals surface area contributed by atoms with Crippen LogP contribution in [-0.4, -0.2) is 89.2 Å². The van der Waals surface area contributed by atoms with E-state index in [2.05, 4.69) is 112 Å². The Labute approximate surface area is 440 Å². The van der Waals surface area contributed by atoms with E-state index in [0.717, 1.165) is 89.9 Å². The highest BCUT2D eigenvalue weighted by Gasteiger charge is 2.50. The molecule has 1 aliphatic heterocycles. The molecule has 1 fully saturated rings. The molecule has 12 nitrogen and oxygen atoms in total. The lowest BCUT2D eigenvalue weighted by Crippen LogP contribution is -2.61. The molecule has 0 aromatic rings. The highest BCUT2D eigenvalue weighted by atomic mass is 16.7. The highest BCUT2D eigenvalue weighted by Crippen LogP contribution is 2.26. The number of aliphatic hydroxyl groups is 2. The summed E-state index contributed by atoms with van der Waals surface area (Å²) in [5, 5.41) is 31.4. The van der Waals surface area contributed by atoms with Crippen LogP contribution in [0.15, 0.2) is 109 Å². The average molecular weight is 1020 g/mol. The van der Waals surface area contributed by atoms with Gasteiger partial charge in [0, 0.05) is 12.8 Å². The van der Waals surface area contributed by atoms with E-state index in [0.29, 0.717) is 19.3 Å². The molecule has 0 radical (unpaired) electrons. The number of unbranched alkanes of at least 4 members (excludes halogenated alkanes) is 14. The summed E-state index contributed by atoms with van der Waals surface area (Å²) in [6.07, 6.45) is 52.4. The molecule has 0 aromatic heterocycles. The first-order valence-corrected chi connectivity index (χ1v) is 27.9. The number of aliphatic hydroxyl groups excluding tert-OH is 2. The van der Waals surface area contributed by atoms with Crippen LogP contribution in [0.2, 0.25) is 0 Å². The predicted molar refractivity (Wildman–Crippen MR) is 294 cm³/mol. The van der Waals surface area contributed by atoms with Crippen molar-refractivity contribution in [3.63, 3.8) is 0 Å². The van der Waals surface area contributed by atoms with Crippen molar-refractivity contribution in [2.75, 3.05) is 13.2 Å². The van der Waals surface area contributed by atoms with Crippen LogP contribution in [-0.2, 0) is 42.9 Å². The van der Waals surface area contributed by atoms with Crippen LogP contribution in [0.1, 0.15) is 201 Å². The van der Waals surface area contributed by atoms with Crippen LogP contribution in [0, 0.1) is 0 Å². The number of carbonyl (C=O) groups excluding carboxylic acids is 3. The number of carboxylic acids is 1. The Kier molecular flexibility index (Phi) is 44.0. The summed E-state index contributed by atoms with van der Waals surface area (Å²) in [4.78, 5) is 50.9. The van der Waals surface area contributed by atoms with Crippen molar-refractivity contribution >= 4 is 23.9 Å². The smallest absolute Gasteiger partial charge is 0.335 e. The van der Waals surface area contributed by atoms with Crippen LogP contribution in [0.3, 0.4) is 0 Å². The minimum atomic E-state index is -1.92. The third kappa shape index (κ3) is 38.6. The monoisotopic (exact) mass is 1020 g/mol. The topological polar surface area (TPSA) is 175 Å². The number of ether oxygens (including phenoxy) is 5. The van der Waals surface area contributed by atoms with Gasteiger partial charge in [0.1, 0.15) is 18.8 Å². The molecule has 0 aliphatic carbocycles. The van der Waals surface area contributed by atoms with E-state index in [4.69, 9.17) is 23.7 Å². The van der Waals surface area contributed by atoms with Crippen LogP contribution in [0.4, 0.5) is 0 Å². The summed E-state index contributed by atoms with van der Waals surface area (Å²) in [6.45, 7) is 5.61. The number of rotatable bonds is 45. The number of carbonyl (C=O) groups is 4. The van der Waals surface area contributed by atoms with Crippen LogP contribution in [0.25, 0.3) is 0 Å². The van der Waals surface area contributed by atoms with E-state index in [-0.39, 0.29) is 25.9 Å². The zero-order chi connectivity index (χ0) is 53.3. The number of hydrogen-bond acceptors (Lipinski definition) is 11. The molecule has 6 atom stereocenters. The minimum Gasteiger partial charge on any atom is -0.479 e. The zero-order valence-electron chi connectivity index (χ0n) is 45.1. The normalized spacial score (nSPS) is 19.2. The van der Waals surface area contributed by atoms with Gasteiger partial charge in [0.05, 0.1) is 13.0 Å². The summed E-state index contributed by atoms with van der Waals surface area (Å²) in [5.41, 5.74) is 0. The Morgan fingerprint density at radius 2 is 0.904 bits per heavy atom. The van der Waals surface area contributed by atoms with Gasteiger partial charge < -0.3 is 39.0 Å². The van der Waals surface area contributed by atoms with Crippen LogP contribution < -0.4 is 0 Å². The maximum atomic E-state index is 13.1. The molecule has 0 amide bonds. The van der Waals surface area contributed by atoms with Crippen molar-refractivity contribution < 1.29 is 58.2 Å². The van der Waals surface area contributed by atoms with Gasteiger partial charge in [0.15, 0.2) is 24.6 Å². The third-order valence-corrected chi connectivity index (χ3v) is 11.9. The molecular formula is C61H96O12. The standard InChI is InChI=1S/C61H96O12/c1-4-7-10-13-16-19-22-25-27-30-32-35-38-41-44-47-53(62)69-50-52(71-54(63)48-45-42-39-36-34-31-28-26-23-20-17-14-11-8-5-2)51-70-61-59(57(66)56(65)58(73-61)60(67)68)72-55(64)49-46-43-40-37-33-29-24-21-18-15-12-9-6-3/h7-8,10-11,16-17,19-20,25-28,32,34-36,41,44,52,56-59,61,65-66H,4-6,9,12-15,18,21-24,29-31,33,37-40,42-43,45-51H2,1-3H3,(H,67,68)/b10-7-,11-8-,19-16-,20-17-,27-25-,28-26-,35-32-,36-34-,44-41-. The van der Waals surface area contributed by atoms with Crippen molar-refractivity contribution in [2.45, 2.75) is 237 Å². The van der Waals surface area contributed by atoms with Crippen LogP contribution in [0.5, 0.6) is 0 Å². The number of allylic oxidation sites excluding steroid dienone is 17. The maximum Gasteiger partial charge on any atom is 0.335 e. The van der Waals surface area contributed by atoms with Gasteiger partial charge in [-0.25, -0.2) is 4.79 Å². The molecule has 412 valence electrons. The third-order valence-electron chi connectivity index (χ3n) is 11.9. The van der Waals surface area contributed by atoms with Crippen molar-refractivity contribution in [1.82, 2.24) is 0 Å². The minimum absolute atomic E-state index is 0.0280. The zero-order valence-corrected chi connectivity index (χ0v) is 45.1. The fourth-order valence-electron chi connectivity index (χ4n) is 7.67. The molecule has 0 spiro atoms. The first-order chi connectivity index (χ1) is 35.6. The molecule has 0 saturated carbocycles. The lowest BCUT2D eigenvalue weighted by molar-refractivity contribution is -0.301. The van der Waals surface area contributed by atoms with E-state index in [1.165, 1.54) is 51.4 Å². The predicted octanol–water partition coefficient (Wildman–Crippen LogP) is 13.9. The van der Waals surface area contributed by atoms with Gasteiger partial charge in [-0.2, -0.15) is 0 Å². The molecule has 12 heteroatoms. The lowest BCUT2D eigenvalue weighted by Gasteiger charge is -2.40. The van der Waals surface area contributed by atoms with Gasteiger partial charge in [-0.15, -0.1) is 0 Å². The Bertz CT molecular complexity index is 1690. The molecular weight excluding hydrogens is 925 g/mol. The second kappa shape index (κ2) is 48.3. The highest BCUT2D eigenvalue weighted by molar-refractivity contribution is 5.74. The van der Waals surface area contributed by atoms with Crippen LogP contribution >= 0.6 is 0 Å². The van der Waals surface area contributed by atoms with Crippen molar-refractivity contribution in [3.05, 3.63) is 109 Å². The number of hydrogen-bond donors (Lipinski definition) is 3. The number of esters is 3. The number of aliphatic carboxylic acids is 1. The molecule has 0 aromatic carbocycles. The van der Waals surface area contributed by atoms with Gasteiger partial charge in [0.25, 0.3) is 0 Å². The summed E-state index contributed by atoms with van der Waals surface area (Å²) in [7, 11) is 0. The van der Waals surface area contributed by atoms with E-state index < -0.39 is 67.3 Å². The first-order valence-electron chi connectivity index (χ1n) is 27.9. The molecule has 1 heterocycles. The fourth-order valence-corrected chi connectivity index (χ4v) is 7.67. The van der Waals surface area contributed by atoms with Crippen molar-refractivity contribution in [3.8, 4) is 0 Å². The largest absolute Gasteiger partial charge is 0.479 e. The van der Waals surface area contributed by atoms with E-state index in [1.807, 2.05) is 12.2 Å². The van der Waals surface area contributed by atoms with E-state index in [9.17, 15) is 34.5 Å². The molecule has 6 unspecified atom stereocenters. The molecule has 1 saturated heterocycles. The number of carboxylic acid groups (broad SMARTS) is 1. The molecule has 3 N–H and O–H groups in total. The second-order valence-corrected chi connectivity index (χ2v) is 18.5. The fraction of sp³-hybridized carbons (Fsp3) is 0.639. The summed E-state index contributed by atoms with van der Waals surface area (Å²) >= 11 is 0. The molecule has 73 heavy (non-hydrogen) atoms. The SMILES string of the molecule is CC/C=C\C/C=C\C/C=C\C/C=C\C/C=C\CC(=O)OCC(COC1OC(C(=O)O)C(O)C(O)C1OC(=O)CCCCCCCCCCCCCCC)OC(=O)CCCC/C=C\C/C=C\C/C=C\C/C=C\CC. The lowest BCUT2D eigenvalue weighted by atomic mass is 9.98. The van der Waals surface area contributed by atoms with E-state index >= 15 is 0 Å². The Hall–Kier alpha value is -4.62. The molecule has 1 aliphatic rings. The quantitative estimate of drug-likeness (QED) is 0.0228. The Balaban J connectivity index is 2.81. The van der Waals surface area contributed by atoms with Crippen molar-refractivity contribution in [2.24, 2.45) is 0 Å². The summed E-state index contributed by atoms with van der Waals surface area (Å²) in [5.74, 6) is -3.35. The van der Waals surface area contributed by atoms with Crippen molar-refractivity contribution in [1.29, 1.82) is 0 Å².